The maximum Gasteiger partial charge on any atom is 0.341 e. The second kappa shape index (κ2) is 9.21. The minimum absolute atomic E-state index is 0.327. The number of esters is 1. The average Bonchev–Trinajstić information content (AvgIpc) is 3.08. The number of carbonyl (C=O) groups is 2. The van der Waals surface area contributed by atoms with E-state index in [2.05, 4.69) is 5.32 Å². The Morgan fingerprint density at radius 1 is 1.00 bits per heavy atom. The van der Waals surface area contributed by atoms with Crippen LogP contribution in [0.1, 0.15) is 20.8 Å². The molecule has 0 aliphatic rings. The molecule has 3 aromatic rings. The molecule has 29 heavy (non-hydrogen) atoms. The standard InChI is InChI=1S/C23H21NO4S/c1-15-20(17-7-5-4-6-8-17)21(23(26)28-3)22(29-15)24-19(25)14-11-16-9-12-18(27-2)13-10-16/h4-14H,1-3H3,(H,24,25)/b14-11+. The van der Waals surface area contributed by atoms with Crippen LogP contribution < -0.4 is 10.1 Å². The van der Waals surface area contributed by atoms with Crippen molar-refractivity contribution in [2.24, 2.45) is 0 Å². The Labute approximate surface area is 173 Å². The van der Waals surface area contributed by atoms with Gasteiger partial charge in [-0.15, -0.1) is 11.3 Å². The fourth-order valence-electron chi connectivity index (χ4n) is 2.92. The van der Waals surface area contributed by atoms with E-state index in [4.69, 9.17) is 9.47 Å². The lowest BCUT2D eigenvalue weighted by Crippen LogP contribution is -2.11. The molecule has 6 heteroatoms. The van der Waals surface area contributed by atoms with E-state index in [1.807, 2.05) is 61.5 Å². The molecule has 0 aliphatic carbocycles. The first-order valence-corrected chi connectivity index (χ1v) is 9.75. The zero-order chi connectivity index (χ0) is 20.8. The van der Waals surface area contributed by atoms with Gasteiger partial charge in [0.25, 0.3) is 0 Å². The number of thiophene rings is 1. The Bertz CT molecular complexity index is 1040. The lowest BCUT2D eigenvalue weighted by molar-refractivity contribution is -0.111. The molecule has 0 aliphatic heterocycles. The van der Waals surface area contributed by atoms with Crippen molar-refractivity contribution in [2.75, 3.05) is 19.5 Å². The quantitative estimate of drug-likeness (QED) is 0.452. The molecular formula is C23H21NO4S. The number of rotatable bonds is 6. The van der Waals surface area contributed by atoms with Crippen molar-refractivity contribution in [1.82, 2.24) is 0 Å². The van der Waals surface area contributed by atoms with Gasteiger partial charge in [0.2, 0.25) is 5.91 Å². The van der Waals surface area contributed by atoms with E-state index in [9.17, 15) is 9.59 Å². The fourth-order valence-corrected chi connectivity index (χ4v) is 3.99. The van der Waals surface area contributed by atoms with Crippen LogP contribution in [-0.2, 0) is 9.53 Å². The molecule has 3 rings (SSSR count). The molecule has 5 nitrogen and oxygen atoms in total. The number of nitrogens with one attached hydrogen (secondary N) is 1. The molecule has 1 N–H and O–H groups in total. The van der Waals surface area contributed by atoms with Gasteiger partial charge in [-0.05, 0) is 36.3 Å². The Morgan fingerprint density at radius 2 is 1.69 bits per heavy atom. The van der Waals surface area contributed by atoms with Gasteiger partial charge < -0.3 is 14.8 Å². The SMILES string of the molecule is COC(=O)c1c(NC(=O)/C=C/c2ccc(OC)cc2)sc(C)c1-c1ccccc1. The first kappa shape index (κ1) is 20.4. The van der Waals surface area contributed by atoms with E-state index in [1.54, 1.807) is 13.2 Å². The smallest absolute Gasteiger partial charge is 0.341 e. The van der Waals surface area contributed by atoms with Crippen LogP contribution >= 0.6 is 11.3 Å². The minimum Gasteiger partial charge on any atom is -0.497 e. The molecule has 1 aromatic heterocycles. The molecule has 0 spiro atoms. The number of amides is 1. The lowest BCUT2D eigenvalue weighted by Gasteiger charge is -2.07. The van der Waals surface area contributed by atoms with Gasteiger partial charge >= 0.3 is 5.97 Å². The van der Waals surface area contributed by atoms with Gasteiger partial charge in [-0.1, -0.05) is 42.5 Å². The summed E-state index contributed by atoms with van der Waals surface area (Å²) in [6.07, 6.45) is 3.13. The molecule has 0 fully saturated rings. The third-order valence-corrected chi connectivity index (χ3v) is 5.34. The fraction of sp³-hybridized carbons (Fsp3) is 0.130. The average molecular weight is 407 g/mol. The van der Waals surface area contributed by atoms with E-state index in [0.29, 0.717) is 10.6 Å². The zero-order valence-corrected chi connectivity index (χ0v) is 17.2. The van der Waals surface area contributed by atoms with Gasteiger partial charge in [0.1, 0.15) is 16.3 Å². The van der Waals surface area contributed by atoms with Crippen LogP contribution in [-0.4, -0.2) is 26.1 Å². The zero-order valence-electron chi connectivity index (χ0n) is 16.4. The number of ether oxygens (including phenoxy) is 2. The largest absolute Gasteiger partial charge is 0.497 e. The number of anilines is 1. The minimum atomic E-state index is -0.484. The van der Waals surface area contributed by atoms with Crippen LogP contribution in [0.5, 0.6) is 5.75 Å². The lowest BCUT2D eigenvalue weighted by atomic mass is 10.0. The molecular weight excluding hydrogens is 386 g/mol. The summed E-state index contributed by atoms with van der Waals surface area (Å²) >= 11 is 1.35. The maximum atomic E-state index is 12.5. The van der Waals surface area contributed by atoms with Crippen LogP contribution in [0.3, 0.4) is 0 Å². The summed E-state index contributed by atoms with van der Waals surface area (Å²) in [6, 6.07) is 16.9. The highest BCUT2D eigenvalue weighted by atomic mass is 32.1. The number of carbonyl (C=O) groups excluding carboxylic acids is 2. The van der Waals surface area contributed by atoms with Crippen LogP contribution in [0, 0.1) is 6.92 Å². The Kier molecular flexibility index (Phi) is 6.46. The summed E-state index contributed by atoms with van der Waals surface area (Å²) < 4.78 is 10.1. The van der Waals surface area contributed by atoms with Crippen LogP contribution in [0.15, 0.2) is 60.7 Å². The van der Waals surface area contributed by atoms with Gasteiger partial charge in [0, 0.05) is 16.5 Å². The number of hydrogen-bond acceptors (Lipinski definition) is 5. The van der Waals surface area contributed by atoms with E-state index in [0.717, 1.165) is 27.3 Å². The van der Waals surface area contributed by atoms with Gasteiger partial charge in [-0.25, -0.2) is 4.79 Å². The predicted octanol–water partition coefficient (Wildman–Crippen LogP) is 5.17. The van der Waals surface area contributed by atoms with E-state index in [-0.39, 0.29) is 5.91 Å². The Morgan fingerprint density at radius 3 is 2.31 bits per heavy atom. The monoisotopic (exact) mass is 407 g/mol. The summed E-state index contributed by atoms with van der Waals surface area (Å²) in [5, 5.41) is 3.29. The number of benzene rings is 2. The highest BCUT2D eigenvalue weighted by molar-refractivity contribution is 7.17. The summed E-state index contributed by atoms with van der Waals surface area (Å²) in [7, 11) is 2.93. The van der Waals surface area contributed by atoms with Gasteiger partial charge in [-0.2, -0.15) is 0 Å². The van der Waals surface area contributed by atoms with E-state index >= 15 is 0 Å². The molecule has 2 aromatic carbocycles. The highest BCUT2D eigenvalue weighted by Gasteiger charge is 2.24. The van der Waals surface area contributed by atoms with Crippen LogP contribution in [0.2, 0.25) is 0 Å². The van der Waals surface area contributed by atoms with E-state index in [1.165, 1.54) is 24.5 Å². The third-order valence-electron chi connectivity index (χ3n) is 4.32. The Hall–Kier alpha value is -3.38. The number of aryl methyl sites for hydroxylation is 1. The molecule has 0 unspecified atom stereocenters. The molecule has 0 radical (unpaired) electrons. The first-order valence-electron chi connectivity index (χ1n) is 8.93. The van der Waals surface area contributed by atoms with Gasteiger partial charge in [0.05, 0.1) is 14.2 Å². The van der Waals surface area contributed by atoms with Gasteiger partial charge in [0.15, 0.2) is 0 Å². The summed E-state index contributed by atoms with van der Waals surface area (Å²) in [5.41, 5.74) is 2.90. The van der Waals surface area contributed by atoms with Crippen molar-refractivity contribution in [3.05, 3.63) is 76.7 Å². The van der Waals surface area contributed by atoms with Crippen molar-refractivity contribution >= 4 is 34.3 Å². The van der Waals surface area contributed by atoms with Crippen molar-refractivity contribution in [3.8, 4) is 16.9 Å². The summed E-state index contributed by atoms with van der Waals surface area (Å²) in [4.78, 5) is 25.8. The topological polar surface area (TPSA) is 64.6 Å². The molecule has 1 amide bonds. The predicted molar refractivity (Wildman–Crippen MR) is 116 cm³/mol. The number of hydrogen-bond donors (Lipinski definition) is 1. The number of methoxy groups -OCH3 is 2. The second-order valence-electron chi connectivity index (χ2n) is 6.19. The Balaban J connectivity index is 1.87. The molecule has 1 heterocycles. The second-order valence-corrected chi connectivity index (χ2v) is 7.42. The van der Waals surface area contributed by atoms with Crippen molar-refractivity contribution in [3.63, 3.8) is 0 Å². The normalized spacial score (nSPS) is 10.7. The highest BCUT2D eigenvalue weighted by Crippen LogP contribution is 2.40. The van der Waals surface area contributed by atoms with Crippen molar-refractivity contribution in [1.29, 1.82) is 0 Å². The van der Waals surface area contributed by atoms with Gasteiger partial charge in [-0.3, -0.25) is 4.79 Å². The summed E-state index contributed by atoms with van der Waals surface area (Å²) in [6.45, 7) is 1.92. The molecule has 0 atom stereocenters. The maximum absolute atomic E-state index is 12.5. The molecule has 148 valence electrons. The molecule has 0 bridgehead atoms. The molecule has 0 saturated heterocycles. The summed E-state index contributed by atoms with van der Waals surface area (Å²) in [5.74, 6) is -0.0636. The van der Waals surface area contributed by atoms with Crippen LogP contribution in [0.25, 0.3) is 17.2 Å². The molecule has 0 saturated carbocycles. The van der Waals surface area contributed by atoms with Crippen molar-refractivity contribution < 1.29 is 19.1 Å². The van der Waals surface area contributed by atoms with E-state index < -0.39 is 5.97 Å². The third kappa shape index (κ3) is 4.73. The van der Waals surface area contributed by atoms with Crippen LogP contribution in [0.4, 0.5) is 5.00 Å². The van der Waals surface area contributed by atoms with Crippen molar-refractivity contribution in [2.45, 2.75) is 6.92 Å². The first-order chi connectivity index (χ1) is 14.0.